The van der Waals surface area contributed by atoms with Gasteiger partial charge < -0.3 is 18.4 Å². The maximum atomic E-state index is 12.7. The number of nitrogens with zero attached hydrogens (tertiary/aromatic N) is 1. The molecule has 1 aromatic heterocycles. The molecule has 7 nitrogen and oxygen atoms in total. The van der Waals surface area contributed by atoms with E-state index in [2.05, 4.69) is 4.98 Å². The fourth-order valence-corrected chi connectivity index (χ4v) is 3.98. The molecule has 8 heteroatoms. The number of benzene rings is 2. The Bertz CT molecular complexity index is 1110. The molecular weight excluding hydrogens is 382 g/mol. The van der Waals surface area contributed by atoms with Crippen LogP contribution in [0.15, 0.2) is 59.8 Å². The molecule has 0 saturated heterocycles. The summed E-state index contributed by atoms with van der Waals surface area (Å²) in [7, 11) is -1.01. The first kappa shape index (κ1) is 18.1. The van der Waals surface area contributed by atoms with Crippen molar-refractivity contribution in [1.29, 1.82) is 0 Å². The molecule has 0 radical (unpaired) electrons. The lowest BCUT2D eigenvalue weighted by atomic mass is 9.95. The van der Waals surface area contributed by atoms with Crippen LogP contribution in [0.2, 0.25) is 0 Å². The second-order valence-electron chi connectivity index (χ2n) is 5.99. The predicted octanol–water partition coefficient (Wildman–Crippen LogP) is 3.43. The van der Waals surface area contributed by atoms with Crippen LogP contribution in [0.3, 0.4) is 0 Å². The molecular formula is C20H17NO6S. The van der Waals surface area contributed by atoms with Crippen molar-refractivity contribution < 1.29 is 26.8 Å². The van der Waals surface area contributed by atoms with E-state index in [0.29, 0.717) is 35.0 Å². The van der Waals surface area contributed by atoms with Crippen molar-refractivity contribution in [2.75, 3.05) is 14.2 Å². The van der Waals surface area contributed by atoms with E-state index in [-0.39, 0.29) is 10.8 Å². The molecule has 2 heterocycles. The number of rotatable bonds is 5. The highest BCUT2D eigenvalue weighted by molar-refractivity contribution is 7.87. The minimum absolute atomic E-state index is 0.132. The van der Waals surface area contributed by atoms with Crippen LogP contribution in [-0.2, 0) is 16.7 Å². The van der Waals surface area contributed by atoms with Gasteiger partial charge in [0.25, 0.3) is 0 Å². The van der Waals surface area contributed by atoms with E-state index in [0.717, 1.165) is 5.56 Å². The normalized spacial score (nSPS) is 12.4. The molecule has 1 aliphatic heterocycles. The van der Waals surface area contributed by atoms with Gasteiger partial charge in [-0.2, -0.15) is 8.42 Å². The van der Waals surface area contributed by atoms with Gasteiger partial charge in [0.1, 0.15) is 23.9 Å². The lowest BCUT2D eigenvalue weighted by molar-refractivity contribution is 0.298. The molecule has 0 amide bonds. The van der Waals surface area contributed by atoms with Crippen molar-refractivity contribution in [3.05, 3.63) is 60.3 Å². The average Bonchev–Trinajstić information content (AvgIpc) is 2.73. The Hall–Kier alpha value is -3.26. The lowest BCUT2D eigenvalue weighted by Crippen LogP contribution is -2.14. The van der Waals surface area contributed by atoms with E-state index in [1.165, 1.54) is 19.4 Å². The number of hydrogen-bond donors (Lipinski definition) is 0. The monoisotopic (exact) mass is 399 g/mol. The SMILES string of the molecule is COc1cc2c(c(OC)c1)-c1c(cccc1OS(=O)(=O)c1ccccn1)OC2. The molecule has 0 N–H and O–H groups in total. The summed E-state index contributed by atoms with van der Waals surface area (Å²) in [6, 6.07) is 13.1. The molecule has 0 unspecified atom stereocenters. The number of pyridine rings is 1. The highest BCUT2D eigenvalue weighted by Gasteiger charge is 2.29. The van der Waals surface area contributed by atoms with E-state index < -0.39 is 10.1 Å². The maximum Gasteiger partial charge on any atom is 0.356 e. The Morgan fingerprint density at radius 2 is 1.82 bits per heavy atom. The Balaban J connectivity index is 1.87. The number of hydrogen-bond acceptors (Lipinski definition) is 7. The summed E-state index contributed by atoms with van der Waals surface area (Å²) in [6.45, 7) is 0.298. The summed E-state index contributed by atoms with van der Waals surface area (Å²) < 4.78 is 47.4. The van der Waals surface area contributed by atoms with E-state index in [4.69, 9.17) is 18.4 Å². The molecule has 0 aliphatic carbocycles. The highest BCUT2D eigenvalue weighted by Crippen LogP contribution is 2.49. The Labute approximate surface area is 162 Å². The zero-order valence-corrected chi connectivity index (χ0v) is 16.0. The molecule has 0 bridgehead atoms. The summed E-state index contributed by atoms with van der Waals surface area (Å²) in [6.07, 6.45) is 1.39. The third kappa shape index (κ3) is 3.11. The highest BCUT2D eigenvalue weighted by atomic mass is 32.2. The van der Waals surface area contributed by atoms with Crippen LogP contribution in [0.1, 0.15) is 5.56 Å². The van der Waals surface area contributed by atoms with Gasteiger partial charge in [-0.1, -0.05) is 12.1 Å². The van der Waals surface area contributed by atoms with Crippen LogP contribution in [0, 0.1) is 0 Å². The number of aromatic nitrogens is 1. The van der Waals surface area contributed by atoms with Crippen molar-refractivity contribution in [3.8, 4) is 34.1 Å². The van der Waals surface area contributed by atoms with Crippen molar-refractivity contribution in [1.82, 2.24) is 4.98 Å². The van der Waals surface area contributed by atoms with Gasteiger partial charge in [0.2, 0.25) is 0 Å². The van der Waals surface area contributed by atoms with Gasteiger partial charge in [0.05, 0.1) is 19.8 Å². The van der Waals surface area contributed by atoms with E-state index in [1.54, 1.807) is 43.5 Å². The number of fused-ring (bicyclic) bond motifs is 3. The van der Waals surface area contributed by atoms with Gasteiger partial charge in [-0.05, 0) is 30.3 Å². The molecule has 144 valence electrons. The lowest BCUT2D eigenvalue weighted by Gasteiger charge is -2.25. The zero-order chi connectivity index (χ0) is 19.7. The van der Waals surface area contributed by atoms with Crippen LogP contribution >= 0.6 is 0 Å². The van der Waals surface area contributed by atoms with Crippen molar-refractivity contribution in [2.24, 2.45) is 0 Å². The third-order valence-electron chi connectivity index (χ3n) is 4.33. The zero-order valence-electron chi connectivity index (χ0n) is 15.2. The molecule has 0 spiro atoms. The summed E-state index contributed by atoms with van der Waals surface area (Å²) in [5, 5.41) is -0.175. The fourth-order valence-electron chi connectivity index (χ4n) is 3.08. The first-order chi connectivity index (χ1) is 13.5. The molecule has 0 saturated carbocycles. The van der Waals surface area contributed by atoms with Gasteiger partial charge in [-0.15, -0.1) is 0 Å². The minimum Gasteiger partial charge on any atom is -0.497 e. The summed E-state index contributed by atoms with van der Waals surface area (Å²) in [4.78, 5) is 3.87. The fraction of sp³-hybridized carbons (Fsp3) is 0.150. The van der Waals surface area contributed by atoms with E-state index in [1.807, 2.05) is 6.07 Å². The molecule has 1 aliphatic rings. The van der Waals surface area contributed by atoms with Crippen LogP contribution in [-0.4, -0.2) is 27.6 Å². The molecule has 0 atom stereocenters. The van der Waals surface area contributed by atoms with Crippen molar-refractivity contribution in [2.45, 2.75) is 11.6 Å². The van der Waals surface area contributed by atoms with Gasteiger partial charge >= 0.3 is 10.1 Å². The minimum atomic E-state index is -4.11. The second-order valence-corrected chi connectivity index (χ2v) is 7.48. The molecule has 28 heavy (non-hydrogen) atoms. The topological polar surface area (TPSA) is 84.0 Å². The van der Waals surface area contributed by atoms with Gasteiger partial charge in [-0.3, -0.25) is 0 Å². The van der Waals surface area contributed by atoms with E-state index in [9.17, 15) is 8.42 Å². The van der Waals surface area contributed by atoms with Gasteiger partial charge in [0.15, 0.2) is 10.8 Å². The van der Waals surface area contributed by atoms with Crippen molar-refractivity contribution in [3.63, 3.8) is 0 Å². The standard InChI is InChI=1S/C20H17NO6S/c1-24-14-10-13-12-26-15-6-5-7-16(20(15)19(13)17(11-14)25-2)27-28(22,23)18-8-3-4-9-21-18/h3-11H,12H2,1-2H3. The predicted molar refractivity (Wildman–Crippen MR) is 101 cm³/mol. The van der Waals surface area contributed by atoms with Crippen LogP contribution < -0.4 is 18.4 Å². The first-order valence-electron chi connectivity index (χ1n) is 8.40. The van der Waals surface area contributed by atoms with Gasteiger partial charge in [0, 0.05) is 23.4 Å². The van der Waals surface area contributed by atoms with E-state index >= 15 is 0 Å². The number of methoxy groups -OCH3 is 2. The Morgan fingerprint density at radius 3 is 2.54 bits per heavy atom. The molecule has 3 aromatic rings. The largest absolute Gasteiger partial charge is 0.497 e. The Kier molecular flexibility index (Phi) is 4.56. The first-order valence-corrected chi connectivity index (χ1v) is 9.81. The molecule has 4 rings (SSSR count). The van der Waals surface area contributed by atoms with Crippen LogP contribution in [0.25, 0.3) is 11.1 Å². The smallest absolute Gasteiger partial charge is 0.356 e. The third-order valence-corrected chi connectivity index (χ3v) is 5.48. The summed E-state index contributed by atoms with van der Waals surface area (Å²) in [5.74, 6) is 1.78. The quantitative estimate of drug-likeness (QED) is 0.608. The second kappa shape index (κ2) is 7.05. The maximum absolute atomic E-state index is 12.7. The van der Waals surface area contributed by atoms with Gasteiger partial charge in [-0.25, -0.2) is 4.98 Å². The van der Waals surface area contributed by atoms with Crippen LogP contribution in [0.4, 0.5) is 0 Å². The summed E-state index contributed by atoms with van der Waals surface area (Å²) in [5.41, 5.74) is 2.01. The Morgan fingerprint density at radius 1 is 0.964 bits per heavy atom. The molecule has 2 aromatic carbocycles. The number of ether oxygens (including phenoxy) is 3. The van der Waals surface area contributed by atoms with Crippen LogP contribution in [0.5, 0.6) is 23.0 Å². The van der Waals surface area contributed by atoms with Crippen molar-refractivity contribution >= 4 is 10.1 Å². The molecule has 0 fully saturated rings. The average molecular weight is 399 g/mol. The summed E-state index contributed by atoms with van der Waals surface area (Å²) >= 11 is 0.